The van der Waals surface area contributed by atoms with E-state index in [-0.39, 0.29) is 24.0 Å². The van der Waals surface area contributed by atoms with Gasteiger partial charge in [-0.1, -0.05) is 58.3 Å². The molecule has 2 nitrogen and oxygen atoms in total. The van der Waals surface area contributed by atoms with Gasteiger partial charge >= 0.3 is 0 Å². The van der Waals surface area contributed by atoms with Crippen molar-refractivity contribution in [2.45, 2.75) is 71.1 Å². The first-order valence-electron chi connectivity index (χ1n) is 8.68. The van der Waals surface area contributed by atoms with Gasteiger partial charge in [0.05, 0.1) is 26.8 Å². The maximum absolute atomic E-state index is 5.45. The number of likely N-dealkylation sites (N-methyl/N-ethyl adjacent to an activating group) is 1. The normalized spacial score (nSPS) is 17.7. The lowest BCUT2D eigenvalue weighted by Gasteiger charge is -2.37. The Morgan fingerprint density at radius 2 is 1.20 bits per heavy atom. The highest BCUT2D eigenvalue weighted by molar-refractivity contribution is 4.50. The first kappa shape index (κ1) is 20.6. The zero-order valence-corrected chi connectivity index (χ0v) is 16.0. The molecular weight excluding hydrogens is 361 g/mol. The van der Waals surface area contributed by atoms with E-state index in [9.17, 15) is 0 Å². The standard InChI is InChI=1S/C17H36NO.HI/c1-3-4-5-6-7-8-9-10-11-12-13-18(2)14-16-19-17-15-18;/h3-17H2,1-2H3;1H/q+1;/p-1. The van der Waals surface area contributed by atoms with Crippen LogP contribution in [0.15, 0.2) is 0 Å². The zero-order valence-electron chi connectivity index (χ0n) is 13.8. The van der Waals surface area contributed by atoms with E-state index in [2.05, 4.69) is 14.0 Å². The molecule has 0 aromatic heterocycles. The van der Waals surface area contributed by atoms with Gasteiger partial charge in [0.1, 0.15) is 13.1 Å². The summed E-state index contributed by atoms with van der Waals surface area (Å²) in [7, 11) is 2.40. The highest BCUT2D eigenvalue weighted by Crippen LogP contribution is 2.13. The van der Waals surface area contributed by atoms with Gasteiger partial charge in [0.2, 0.25) is 0 Å². The van der Waals surface area contributed by atoms with E-state index in [0.29, 0.717) is 0 Å². The number of hydrogen-bond donors (Lipinski definition) is 0. The van der Waals surface area contributed by atoms with Crippen molar-refractivity contribution in [3.8, 4) is 0 Å². The zero-order chi connectivity index (χ0) is 13.8. The molecule has 1 aliphatic rings. The summed E-state index contributed by atoms with van der Waals surface area (Å²) in [6, 6.07) is 0. The Bertz CT molecular complexity index is 205. The molecule has 1 fully saturated rings. The minimum Gasteiger partial charge on any atom is -1.00 e. The molecule has 0 amide bonds. The molecule has 20 heavy (non-hydrogen) atoms. The third kappa shape index (κ3) is 10.4. The molecular formula is C17H36INO. The molecule has 0 spiro atoms. The summed E-state index contributed by atoms with van der Waals surface area (Å²) in [6.07, 6.45) is 14.4. The molecule has 1 saturated heterocycles. The van der Waals surface area contributed by atoms with Crippen molar-refractivity contribution >= 4 is 0 Å². The lowest BCUT2D eigenvalue weighted by atomic mass is 10.1. The number of hydrogen-bond acceptors (Lipinski definition) is 1. The summed E-state index contributed by atoms with van der Waals surface area (Å²) in [5.74, 6) is 0. The number of unbranched alkanes of at least 4 members (excludes halogenated alkanes) is 9. The first-order valence-corrected chi connectivity index (χ1v) is 8.68. The van der Waals surface area contributed by atoms with Crippen LogP contribution in [0.25, 0.3) is 0 Å². The Balaban J connectivity index is 0.00000361. The number of nitrogens with zero attached hydrogens (tertiary/aromatic N) is 1. The van der Waals surface area contributed by atoms with Crippen LogP contribution >= 0.6 is 0 Å². The van der Waals surface area contributed by atoms with E-state index >= 15 is 0 Å². The molecule has 0 aromatic carbocycles. The molecule has 0 atom stereocenters. The van der Waals surface area contributed by atoms with E-state index in [0.717, 1.165) is 13.2 Å². The molecule has 0 aromatic rings. The Kier molecular flexibility index (Phi) is 13.8. The van der Waals surface area contributed by atoms with E-state index in [4.69, 9.17) is 4.74 Å². The highest BCUT2D eigenvalue weighted by atomic mass is 127. The van der Waals surface area contributed by atoms with Crippen LogP contribution in [0.1, 0.15) is 71.1 Å². The smallest absolute Gasteiger partial charge is 0.102 e. The summed E-state index contributed by atoms with van der Waals surface area (Å²) < 4.78 is 6.70. The number of morpholine rings is 1. The van der Waals surface area contributed by atoms with E-state index < -0.39 is 0 Å². The topological polar surface area (TPSA) is 9.23 Å². The molecule has 0 N–H and O–H groups in total. The predicted molar refractivity (Wildman–Crippen MR) is 83.4 cm³/mol. The molecule has 0 saturated carbocycles. The van der Waals surface area contributed by atoms with Crippen LogP contribution in [-0.4, -0.2) is 44.4 Å². The van der Waals surface area contributed by atoms with Crippen LogP contribution < -0.4 is 24.0 Å². The second-order valence-corrected chi connectivity index (χ2v) is 6.58. The summed E-state index contributed by atoms with van der Waals surface area (Å²) >= 11 is 0. The molecule has 3 heteroatoms. The Morgan fingerprint density at radius 1 is 0.750 bits per heavy atom. The van der Waals surface area contributed by atoms with Crippen molar-refractivity contribution in [1.29, 1.82) is 0 Å². The molecule has 1 heterocycles. The molecule has 1 aliphatic heterocycles. The van der Waals surface area contributed by atoms with Gasteiger partial charge in [0, 0.05) is 0 Å². The van der Waals surface area contributed by atoms with Crippen molar-refractivity contribution in [3.63, 3.8) is 0 Å². The van der Waals surface area contributed by atoms with Crippen molar-refractivity contribution in [3.05, 3.63) is 0 Å². The van der Waals surface area contributed by atoms with E-state index in [1.54, 1.807) is 0 Å². The Hall–Kier alpha value is 0.650. The second-order valence-electron chi connectivity index (χ2n) is 6.58. The van der Waals surface area contributed by atoms with Crippen molar-refractivity contribution in [2.24, 2.45) is 0 Å². The molecule has 0 aliphatic carbocycles. The van der Waals surface area contributed by atoms with Gasteiger partial charge in [-0.3, -0.25) is 0 Å². The second kappa shape index (κ2) is 13.3. The minimum absolute atomic E-state index is 0. The fourth-order valence-electron chi connectivity index (χ4n) is 2.99. The van der Waals surface area contributed by atoms with Gasteiger partial charge in [0.25, 0.3) is 0 Å². The summed E-state index contributed by atoms with van der Waals surface area (Å²) in [6.45, 7) is 8.02. The Labute approximate surface area is 144 Å². The number of ether oxygens (including phenoxy) is 1. The molecule has 0 unspecified atom stereocenters. The van der Waals surface area contributed by atoms with Crippen molar-refractivity contribution in [2.75, 3.05) is 39.9 Å². The summed E-state index contributed by atoms with van der Waals surface area (Å²) in [5, 5.41) is 0. The molecule has 1 rings (SSSR count). The summed E-state index contributed by atoms with van der Waals surface area (Å²) in [4.78, 5) is 0. The lowest BCUT2D eigenvalue weighted by molar-refractivity contribution is -0.917. The highest BCUT2D eigenvalue weighted by Gasteiger charge is 2.23. The van der Waals surface area contributed by atoms with Crippen molar-refractivity contribution < 1.29 is 33.2 Å². The maximum atomic E-state index is 5.45. The van der Waals surface area contributed by atoms with Gasteiger partial charge in [0.15, 0.2) is 0 Å². The average molecular weight is 397 g/mol. The Morgan fingerprint density at radius 3 is 1.70 bits per heavy atom. The van der Waals surface area contributed by atoms with Crippen LogP contribution in [0.5, 0.6) is 0 Å². The fraction of sp³-hybridized carbons (Fsp3) is 1.00. The van der Waals surface area contributed by atoms with Gasteiger partial charge in [-0.2, -0.15) is 0 Å². The fourth-order valence-corrected chi connectivity index (χ4v) is 2.99. The van der Waals surface area contributed by atoms with Crippen LogP contribution in [-0.2, 0) is 4.74 Å². The SMILES string of the molecule is CCCCCCCCCCCC[N+]1(C)CCOCC1.[I-]. The maximum Gasteiger partial charge on any atom is 0.102 e. The van der Waals surface area contributed by atoms with Gasteiger partial charge in [-0.25, -0.2) is 0 Å². The predicted octanol–water partition coefficient (Wildman–Crippen LogP) is 1.39. The average Bonchev–Trinajstić information content (AvgIpc) is 2.42. The molecule has 0 radical (unpaired) electrons. The molecule has 122 valence electrons. The van der Waals surface area contributed by atoms with Gasteiger partial charge in [-0.15, -0.1) is 0 Å². The van der Waals surface area contributed by atoms with Gasteiger partial charge in [-0.05, 0) is 12.8 Å². The van der Waals surface area contributed by atoms with Crippen LogP contribution in [0.2, 0.25) is 0 Å². The number of rotatable bonds is 11. The lowest BCUT2D eigenvalue weighted by Crippen LogP contribution is -3.00. The number of quaternary nitrogens is 1. The first-order chi connectivity index (χ1) is 9.27. The quantitative estimate of drug-likeness (QED) is 0.291. The monoisotopic (exact) mass is 397 g/mol. The van der Waals surface area contributed by atoms with E-state index in [1.165, 1.54) is 88.3 Å². The van der Waals surface area contributed by atoms with Gasteiger partial charge < -0.3 is 33.2 Å². The van der Waals surface area contributed by atoms with Crippen LogP contribution in [0.3, 0.4) is 0 Å². The third-order valence-corrected chi connectivity index (χ3v) is 4.60. The summed E-state index contributed by atoms with van der Waals surface area (Å²) in [5.41, 5.74) is 0. The van der Waals surface area contributed by atoms with Crippen molar-refractivity contribution in [1.82, 2.24) is 0 Å². The van der Waals surface area contributed by atoms with E-state index in [1.807, 2.05) is 0 Å². The minimum atomic E-state index is 0. The largest absolute Gasteiger partial charge is 1.00 e. The van der Waals surface area contributed by atoms with Crippen LogP contribution in [0.4, 0.5) is 0 Å². The molecule has 0 bridgehead atoms. The number of halogens is 1. The third-order valence-electron chi connectivity index (χ3n) is 4.60. The van der Waals surface area contributed by atoms with Crippen LogP contribution in [0, 0.1) is 0 Å².